The van der Waals surface area contributed by atoms with Crippen molar-refractivity contribution in [3.63, 3.8) is 0 Å². The van der Waals surface area contributed by atoms with Crippen LogP contribution in [0.5, 0.6) is 0 Å². The summed E-state index contributed by atoms with van der Waals surface area (Å²) < 4.78 is 86.2. The first kappa shape index (κ1) is 40.5. The number of methoxy groups -OCH3 is 1. The van der Waals surface area contributed by atoms with Crippen molar-refractivity contribution in [3.05, 3.63) is 45.8 Å². The number of H-pyrrole nitrogens is 1. The Morgan fingerprint density at radius 1 is 0.904 bits per heavy atom. The minimum atomic E-state index is -5.68. The highest BCUT2D eigenvalue weighted by molar-refractivity contribution is 7.70. The van der Waals surface area contributed by atoms with Gasteiger partial charge in [-0.1, -0.05) is 0 Å². The number of aromatic nitrogens is 6. The summed E-state index contributed by atoms with van der Waals surface area (Å²) in [7, 11) is -21.1. The van der Waals surface area contributed by atoms with Gasteiger partial charge in [-0.15, -0.1) is 4.86 Å². The maximum atomic E-state index is 13.3. The molecule has 0 saturated carbocycles. The molecule has 3 aromatic rings. The van der Waals surface area contributed by atoms with E-state index in [9.17, 15) is 52.7 Å². The fraction of sp³-hybridized carbons (Fsp3) is 0.550. The van der Waals surface area contributed by atoms with Gasteiger partial charge >= 0.3 is 36.8 Å². The van der Waals surface area contributed by atoms with Crippen LogP contribution in [0.2, 0.25) is 0 Å². The number of aromatic amines is 1. The summed E-state index contributed by atoms with van der Waals surface area (Å²) in [6, 6.07) is 0.936. The van der Waals surface area contributed by atoms with Crippen LogP contribution in [0, 0.1) is 0 Å². The highest BCUT2D eigenvalue weighted by Crippen LogP contribution is 2.60. The van der Waals surface area contributed by atoms with Crippen molar-refractivity contribution >= 4 is 48.1 Å². The molecule has 2 aliphatic rings. The number of fused-ring (bicyclic) bond motifs is 1. The SMILES string of the molecule is CO[C@@H]1[C@H](OP(=O)(O)OC[C@H]2O[C@@H](n3ccc(=O)[nH]c3=O)[C@H](O)[C@@H]2O)C(COP(=O)(O)NP(=O)(O)OP(=O)(O)O)O[C@H]1n1cnc2c(N)ncnc21. The molecular weight excluding hydrogens is 796 g/mol. The number of nitrogens with one attached hydrogen (secondary N) is 2. The maximum absolute atomic E-state index is 13.3. The molecule has 290 valence electrons. The van der Waals surface area contributed by atoms with Crippen LogP contribution in [0.25, 0.3) is 11.2 Å². The minimum Gasteiger partial charge on any atom is -0.387 e. The zero-order valence-corrected chi connectivity index (χ0v) is 29.5. The summed E-state index contributed by atoms with van der Waals surface area (Å²) in [5.41, 5.74) is 4.21. The van der Waals surface area contributed by atoms with Crippen LogP contribution in [-0.4, -0.2) is 121 Å². The second-order valence-electron chi connectivity index (χ2n) is 10.8. The smallest absolute Gasteiger partial charge is 0.387 e. The summed E-state index contributed by atoms with van der Waals surface area (Å²) in [5.74, 6) is -0.0518. The average molecular weight is 826 g/mol. The van der Waals surface area contributed by atoms with Crippen LogP contribution in [-0.2, 0) is 50.4 Å². The Hall–Kier alpha value is -2.65. The molecule has 4 unspecified atom stereocenters. The Balaban J connectivity index is 1.36. The molecule has 5 rings (SSSR count). The number of ether oxygens (including phenoxy) is 3. The van der Waals surface area contributed by atoms with Crippen molar-refractivity contribution in [2.45, 2.75) is 49.1 Å². The molecular formula is C20H30N8O20P4. The first-order chi connectivity index (χ1) is 24.1. The van der Waals surface area contributed by atoms with Gasteiger partial charge in [-0.3, -0.25) is 32.5 Å². The predicted molar refractivity (Wildman–Crippen MR) is 164 cm³/mol. The van der Waals surface area contributed by atoms with E-state index in [1.165, 1.54) is 4.57 Å². The average Bonchev–Trinajstić information content (AvgIpc) is 3.67. The van der Waals surface area contributed by atoms with Gasteiger partial charge in [0.2, 0.25) is 0 Å². The quantitative estimate of drug-likeness (QED) is 0.0679. The summed E-state index contributed by atoms with van der Waals surface area (Å²) >= 11 is 0. The van der Waals surface area contributed by atoms with Crippen LogP contribution in [0.15, 0.2) is 34.5 Å². The second-order valence-corrected chi connectivity index (χ2v) is 16.9. The molecule has 32 heteroatoms. The highest BCUT2D eigenvalue weighted by atomic mass is 31.3. The first-order valence-electron chi connectivity index (χ1n) is 14.1. The molecule has 0 spiro atoms. The van der Waals surface area contributed by atoms with Gasteiger partial charge in [0.1, 0.15) is 48.5 Å². The number of hydrogen-bond donors (Lipinski definition) is 10. The van der Waals surface area contributed by atoms with E-state index in [0.29, 0.717) is 0 Å². The van der Waals surface area contributed by atoms with Crippen molar-refractivity contribution in [2.75, 3.05) is 26.1 Å². The van der Waals surface area contributed by atoms with Crippen LogP contribution in [0.1, 0.15) is 12.5 Å². The lowest BCUT2D eigenvalue weighted by atomic mass is 10.1. The molecule has 0 aromatic carbocycles. The van der Waals surface area contributed by atoms with E-state index in [1.54, 1.807) is 0 Å². The zero-order chi connectivity index (χ0) is 38.4. The van der Waals surface area contributed by atoms with Gasteiger partial charge in [0.05, 0.1) is 19.5 Å². The summed E-state index contributed by atoms with van der Waals surface area (Å²) in [4.78, 5) is 86.5. The standard InChI is InChI=1S/C20H30N8O20P4/c1-42-15-14(47-52(40,41)44-4-8-12(30)13(31)18(45-8)27-3-2-10(29)25-20(27)32)9(5-43-49(33,34)26-50(35,36)48-51(37,38)39)46-19(15)28-7-24-11-16(21)22-6-23-17(11)28/h2-3,6-9,12-15,18-19,30-31H,4-5H2,1H3,(H,40,41)(H2,21,22,23)(H,25,29,32)(H2,37,38,39)(H3,26,33,34,35,36)/t8-,9?,12-,13-,14-,15-,18-,19-/m1/s1. The third-order valence-corrected chi connectivity index (χ3v) is 12.5. The zero-order valence-electron chi connectivity index (χ0n) is 25.9. The molecule has 52 heavy (non-hydrogen) atoms. The summed E-state index contributed by atoms with van der Waals surface area (Å²) in [6.45, 7) is -2.09. The van der Waals surface area contributed by atoms with Crippen molar-refractivity contribution in [3.8, 4) is 0 Å². The lowest BCUT2D eigenvalue weighted by Crippen LogP contribution is -2.38. The van der Waals surface area contributed by atoms with Crippen molar-refractivity contribution < 1.29 is 85.0 Å². The van der Waals surface area contributed by atoms with E-state index in [1.807, 2.05) is 4.98 Å². The minimum absolute atomic E-state index is 0.0516. The van der Waals surface area contributed by atoms with Crippen LogP contribution < -0.4 is 21.8 Å². The van der Waals surface area contributed by atoms with Crippen molar-refractivity contribution in [1.82, 2.24) is 33.9 Å². The number of nitrogens with zero attached hydrogens (tertiary/aromatic N) is 5. The maximum Gasteiger partial charge on any atom is 0.477 e. The number of phosphoric acid groups is 2. The van der Waals surface area contributed by atoms with Gasteiger partial charge in [0.15, 0.2) is 23.9 Å². The van der Waals surface area contributed by atoms with Crippen molar-refractivity contribution in [1.29, 1.82) is 0 Å². The molecule has 3 aromatic heterocycles. The van der Waals surface area contributed by atoms with Gasteiger partial charge < -0.3 is 54.6 Å². The molecule has 0 amide bonds. The second kappa shape index (κ2) is 15.2. The normalized spacial score (nSPS) is 30.2. The number of anilines is 1. The Morgan fingerprint density at radius 3 is 2.23 bits per heavy atom. The molecule has 2 fully saturated rings. The monoisotopic (exact) mass is 826 g/mol. The molecule has 0 radical (unpaired) electrons. The van der Waals surface area contributed by atoms with Crippen LogP contribution in [0.4, 0.5) is 5.82 Å². The number of rotatable bonds is 15. The molecule has 28 nitrogen and oxygen atoms in total. The third kappa shape index (κ3) is 9.34. The van der Waals surface area contributed by atoms with Gasteiger partial charge in [0, 0.05) is 19.4 Å². The topological polar surface area (TPSA) is 411 Å². The molecule has 11 N–H and O–H groups in total. The Morgan fingerprint density at radius 2 is 1.58 bits per heavy atom. The molecule has 11 atom stereocenters. The van der Waals surface area contributed by atoms with Gasteiger partial charge in [-0.05, 0) is 0 Å². The number of imidazole rings is 1. The lowest BCUT2D eigenvalue weighted by molar-refractivity contribution is -0.0609. The van der Waals surface area contributed by atoms with Crippen molar-refractivity contribution in [2.24, 2.45) is 0 Å². The number of nitrogen functional groups attached to an aromatic ring is 1. The largest absolute Gasteiger partial charge is 0.477 e. The van der Waals surface area contributed by atoms with Gasteiger partial charge in [-0.2, -0.15) is 4.31 Å². The fourth-order valence-electron chi connectivity index (χ4n) is 5.10. The van der Waals surface area contributed by atoms with E-state index in [0.717, 1.165) is 41.5 Å². The fourth-order valence-corrected chi connectivity index (χ4v) is 9.55. The molecule has 0 bridgehead atoms. The van der Waals surface area contributed by atoms with Gasteiger partial charge in [-0.25, -0.2) is 38.0 Å². The Bertz CT molecular complexity index is 2090. The first-order valence-corrected chi connectivity index (χ1v) is 20.2. The number of aliphatic hydroxyl groups is 2. The summed E-state index contributed by atoms with van der Waals surface area (Å²) in [5, 5.41) is 20.9. The molecule has 0 aliphatic carbocycles. The van der Waals surface area contributed by atoms with E-state index >= 15 is 0 Å². The number of nitrogens with two attached hydrogens (primary N) is 1. The lowest BCUT2D eigenvalue weighted by Gasteiger charge is -2.26. The van der Waals surface area contributed by atoms with Gasteiger partial charge in [0.25, 0.3) is 5.56 Å². The van der Waals surface area contributed by atoms with E-state index in [-0.39, 0.29) is 17.0 Å². The van der Waals surface area contributed by atoms with E-state index < -0.39 is 105 Å². The molecule has 2 aliphatic heterocycles. The number of hydrogen-bond acceptors (Lipinski definition) is 19. The molecule has 5 heterocycles. The van der Waals surface area contributed by atoms with Crippen LogP contribution in [0.3, 0.4) is 0 Å². The predicted octanol–water partition coefficient (Wildman–Crippen LogP) is -3.09. The third-order valence-electron chi connectivity index (χ3n) is 7.22. The summed E-state index contributed by atoms with van der Waals surface area (Å²) in [6.07, 6.45) is -9.88. The van der Waals surface area contributed by atoms with E-state index in [4.69, 9.17) is 43.3 Å². The number of aliphatic hydroxyl groups excluding tert-OH is 2. The molecule has 2 saturated heterocycles. The number of phosphoric ester groups is 1. The van der Waals surface area contributed by atoms with Crippen LogP contribution >= 0.6 is 31.1 Å². The Labute approximate surface area is 288 Å². The highest BCUT2D eigenvalue weighted by Gasteiger charge is 2.52. The Kier molecular flexibility index (Phi) is 11.9. The van der Waals surface area contributed by atoms with E-state index in [2.05, 4.69) is 19.3 Å².